The Balaban J connectivity index is 2.00. The van der Waals surface area contributed by atoms with E-state index in [-0.39, 0.29) is 6.04 Å². The van der Waals surface area contributed by atoms with Crippen LogP contribution in [-0.4, -0.2) is 13.2 Å². The van der Waals surface area contributed by atoms with Crippen molar-refractivity contribution in [1.29, 1.82) is 0 Å². The zero-order valence-electron chi connectivity index (χ0n) is 9.86. The first-order valence-corrected chi connectivity index (χ1v) is 7.79. The molecule has 0 saturated heterocycles. The minimum absolute atomic E-state index is 0.272. The van der Waals surface area contributed by atoms with Crippen molar-refractivity contribution in [3.63, 3.8) is 0 Å². The van der Waals surface area contributed by atoms with Crippen LogP contribution < -0.4 is 15.2 Å². The molecule has 1 aliphatic rings. The molecule has 100 valence electrons. The lowest BCUT2D eigenvalue weighted by Crippen LogP contribution is -2.17. The van der Waals surface area contributed by atoms with Gasteiger partial charge in [-0.2, -0.15) is 0 Å². The van der Waals surface area contributed by atoms with Gasteiger partial charge in [0, 0.05) is 11.1 Å². The predicted octanol–water partition coefficient (Wildman–Crippen LogP) is 3.98. The number of benzene rings is 1. The average molecular weight is 361 g/mol. The van der Waals surface area contributed by atoms with Gasteiger partial charge in [0.1, 0.15) is 13.2 Å². The van der Waals surface area contributed by atoms with Gasteiger partial charge in [0.2, 0.25) is 0 Å². The molecule has 2 N–H and O–H groups in total. The summed E-state index contributed by atoms with van der Waals surface area (Å²) in [5.74, 6) is 1.38. The van der Waals surface area contributed by atoms with E-state index in [2.05, 4.69) is 15.9 Å². The number of hydrogen-bond acceptors (Lipinski definition) is 4. The van der Waals surface area contributed by atoms with Gasteiger partial charge in [-0.1, -0.05) is 11.6 Å². The van der Waals surface area contributed by atoms with Crippen LogP contribution in [0.25, 0.3) is 0 Å². The second kappa shape index (κ2) is 5.32. The van der Waals surface area contributed by atoms with Crippen LogP contribution in [0.4, 0.5) is 0 Å². The van der Waals surface area contributed by atoms with Crippen LogP contribution in [0, 0.1) is 0 Å². The van der Waals surface area contributed by atoms with Crippen molar-refractivity contribution < 1.29 is 9.47 Å². The third-order valence-electron chi connectivity index (χ3n) is 2.94. The Kier molecular flexibility index (Phi) is 3.71. The summed E-state index contributed by atoms with van der Waals surface area (Å²) in [6.45, 7) is 1.10. The summed E-state index contributed by atoms with van der Waals surface area (Å²) < 4.78 is 12.1. The van der Waals surface area contributed by atoms with Crippen molar-refractivity contribution in [2.24, 2.45) is 5.73 Å². The summed E-state index contributed by atoms with van der Waals surface area (Å²) in [4.78, 5) is 0. The van der Waals surface area contributed by atoms with E-state index in [0.29, 0.717) is 29.7 Å². The van der Waals surface area contributed by atoms with Gasteiger partial charge >= 0.3 is 0 Å². The molecule has 1 atom stereocenters. The van der Waals surface area contributed by atoms with Crippen LogP contribution in [0.2, 0.25) is 5.02 Å². The van der Waals surface area contributed by atoms with Crippen molar-refractivity contribution in [2.75, 3.05) is 13.2 Å². The molecule has 1 unspecified atom stereocenters. The second-order valence-corrected chi connectivity index (χ2v) is 6.88. The van der Waals surface area contributed by atoms with Gasteiger partial charge in [-0.15, -0.1) is 11.3 Å². The van der Waals surface area contributed by atoms with Crippen LogP contribution in [0.5, 0.6) is 11.5 Å². The lowest BCUT2D eigenvalue weighted by atomic mass is 10.0. The molecule has 19 heavy (non-hydrogen) atoms. The van der Waals surface area contributed by atoms with Gasteiger partial charge in [0.15, 0.2) is 11.5 Å². The van der Waals surface area contributed by atoms with Crippen LogP contribution in [0.15, 0.2) is 27.4 Å². The van der Waals surface area contributed by atoms with Gasteiger partial charge in [0.05, 0.1) is 9.83 Å². The van der Waals surface area contributed by atoms with E-state index < -0.39 is 0 Å². The van der Waals surface area contributed by atoms with Crippen LogP contribution in [0.1, 0.15) is 17.2 Å². The lowest BCUT2D eigenvalue weighted by molar-refractivity contribution is 0.171. The Bertz CT molecular complexity index is 617. The number of hydrogen-bond donors (Lipinski definition) is 1. The zero-order chi connectivity index (χ0) is 13.4. The molecule has 0 spiro atoms. The third kappa shape index (κ3) is 2.60. The van der Waals surface area contributed by atoms with E-state index in [0.717, 1.165) is 14.9 Å². The number of halogens is 2. The molecule has 0 bridgehead atoms. The highest BCUT2D eigenvalue weighted by atomic mass is 79.9. The Labute approximate surface area is 128 Å². The fraction of sp³-hybridized carbons (Fsp3) is 0.231. The van der Waals surface area contributed by atoms with Gasteiger partial charge in [-0.25, -0.2) is 0 Å². The molecule has 0 aliphatic carbocycles. The molecule has 6 heteroatoms. The molecule has 0 fully saturated rings. The van der Waals surface area contributed by atoms with E-state index in [1.165, 1.54) is 0 Å². The van der Waals surface area contributed by atoms with Crippen LogP contribution >= 0.6 is 38.9 Å². The standard InChI is InChI=1S/C13H11BrClNO2S/c14-12-3-7(6-19-12)13(16)8-4-10-11(5-9(8)15)18-2-1-17-10/h3-6,13H,1-2,16H2. The highest BCUT2D eigenvalue weighted by Gasteiger charge is 2.20. The molecule has 1 aliphatic heterocycles. The van der Waals surface area contributed by atoms with E-state index >= 15 is 0 Å². The predicted molar refractivity (Wildman–Crippen MR) is 80.5 cm³/mol. The Morgan fingerprint density at radius 3 is 2.53 bits per heavy atom. The lowest BCUT2D eigenvalue weighted by Gasteiger charge is -2.21. The number of fused-ring (bicyclic) bond motifs is 1. The molecule has 1 aromatic heterocycles. The molecule has 0 radical (unpaired) electrons. The fourth-order valence-corrected chi connectivity index (χ4v) is 3.47. The van der Waals surface area contributed by atoms with Crippen molar-refractivity contribution in [3.05, 3.63) is 43.5 Å². The summed E-state index contributed by atoms with van der Waals surface area (Å²) in [5.41, 5.74) is 8.14. The van der Waals surface area contributed by atoms with Crippen molar-refractivity contribution in [3.8, 4) is 11.5 Å². The first-order valence-electron chi connectivity index (χ1n) is 5.73. The number of rotatable bonds is 2. The molecule has 0 saturated carbocycles. The Morgan fingerprint density at radius 1 is 1.21 bits per heavy atom. The molecule has 0 amide bonds. The van der Waals surface area contributed by atoms with Gasteiger partial charge in [-0.05, 0) is 44.6 Å². The first-order chi connectivity index (χ1) is 9.15. The fourth-order valence-electron chi connectivity index (χ4n) is 1.98. The maximum absolute atomic E-state index is 6.29. The monoisotopic (exact) mass is 359 g/mol. The Hall–Kier alpha value is -0.750. The Morgan fingerprint density at radius 2 is 1.89 bits per heavy atom. The average Bonchev–Trinajstić information content (AvgIpc) is 2.84. The van der Waals surface area contributed by atoms with E-state index in [1.807, 2.05) is 17.5 Å². The summed E-state index contributed by atoms with van der Waals surface area (Å²) in [5, 5.41) is 2.61. The molecular weight excluding hydrogens is 350 g/mol. The van der Waals surface area contributed by atoms with Crippen molar-refractivity contribution in [2.45, 2.75) is 6.04 Å². The highest BCUT2D eigenvalue weighted by molar-refractivity contribution is 9.11. The smallest absolute Gasteiger partial charge is 0.162 e. The van der Waals surface area contributed by atoms with Gasteiger partial charge < -0.3 is 15.2 Å². The van der Waals surface area contributed by atoms with E-state index in [9.17, 15) is 0 Å². The molecule has 3 rings (SSSR count). The van der Waals surface area contributed by atoms with Crippen LogP contribution in [-0.2, 0) is 0 Å². The molecule has 3 nitrogen and oxygen atoms in total. The number of nitrogens with two attached hydrogens (primary N) is 1. The molecule has 2 heterocycles. The van der Waals surface area contributed by atoms with Crippen molar-refractivity contribution in [1.82, 2.24) is 0 Å². The minimum Gasteiger partial charge on any atom is -0.486 e. The van der Waals surface area contributed by atoms with Gasteiger partial charge in [0.25, 0.3) is 0 Å². The van der Waals surface area contributed by atoms with E-state index in [4.69, 9.17) is 26.8 Å². The number of thiophene rings is 1. The van der Waals surface area contributed by atoms with Crippen molar-refractivity contribution >= 4 is 38.9 Å². The summed E-state index contributed by atoms with van der Waals surface area (Å²) in [6.07, 6.45) is 0. The number of ether oxygens (including phenoxy) is 2. The molecular formula is C13H11BrClNO2S. The normalized spacial score (nSPS) is 15.3. The first kappa shape index (κ1) is 13.2. The summed E-state index contributed by atoms with van der Waals surface area (Å²) >= 11 is 11.3. The topological polar surface area (TPSA) is 44.5 Å². The van der Waals surface area contributed by atoms with E-state index in [1.54, 1.807) is 17.4 Å². The quantitative estimate of drug-likeness (QED) is 0.881. The maximum Gasteiger partial charge on any atom is 0.162 e. The summed E-state index contributed by atoms with van der Waals surface area (Å²) in [7, 11) is 0. The molecule has 1 aromatic carbocycles. The zero-order valence-corrected chi connectivity index (χ0v) is 13.0. The molecule has 2 aromatic rings. The highest BCUT2D eigenvalue weighted by Crippen LogP contribution is 2.39. The largest absolute Gasteiger partial charge is 0.486 e. The second-order valence-electron chi connectivity index (χ2n) is 4.18. The van der Waals surface area contributed by atoms with Crippen LogP contribution in [0.3, 0.4) is 0 Å². The SMILES string of the molecule is NC(c1csc(Br)c1)c1cc2c(cc1Cl)OCCO2. The van der Waals surface area contributed by atoms with Gasteiger partial charge in [-0.3, -0.25) is 0 Å². The minimum atomic E-state index is -0.272. The maximum atomic E-state index is 6.29. The third-order valence-corrected chi connectivity index (χ3v) is 4.79. The summed E-state index contributed by atoms with van der Waals surface area (Å²) in [6, 6.07) is 5.37.